The predicted octanol–water partition coefficient (Wildman–Crippen LogP) is 2.94. The Balaban J connectivity index is 1.79. The summed E-state index contributed by atoms with van der Waals surface area (Å²) >= 11 is 5.76. The standard InChI is InChI=1S/C16H14ClN3O3S/c1-10-2-7-13-14(8-10)20-16(19-13)24(22,23)9-15(21)18-12-5-3-11(17)4-6-12/h2-8H,9H2,1H3,(H,18,21)(H,19,20). The van der Waals surface area contributed by atoms with Gasteiger partial charge in [0.25, 0.3) is 0 Å². The molecule has 2 aromatic carbocycles. The zero-order valence-electron chi connectivity index (χ0n) is 12.7. The molecule has 6 nitrogen and oxygen atoms in total. The Kier molecular flexibility index (Phi) is 4.29. The van der Waals surface area contributed by atoms with E-state index in [1.807, 2.05) is 13.0 Å². The van der Waals surface area contributed by atoms with E-state index in [4.69, 9.17) is 11.6 Å². The van der Waals surface area contributed by atoms with Crippen molar-refractivity contribution in [2.75, 3.05) is 11.1 Å². The van der Waals surface area contributed by atoms with Crippen molar-refractivity contribution in [3.8, 4) is 0 Å². The molecule has 0 bridgehead atoms. The lowest BCUT2D eigenvalue weighted by molar-refractivity contribution is -0.113. The Morgan fingerprint density at radius 3 is 2.62 bits per heavy atom. The number of aromatic nitrogens is 2. The number of carbonyl (C=O) groups is 1. The highest BCUT2D eigenvalue weighted by molar-refractivity contribution is 7.92. The van der Waals surface area contributed by atoms with Crippen molar-refractivity contribution in [3.05, 3.63) is 53.1 Å². The van der Waals surface area contributed by atoms with E-state index in [-0.39, 0.29) is 5.16 Å². The maximum Gasteiger partial charge on any atom is 0.240 e. The van der Waals surface area contributed by atoms with Crippen LogP contribution in [0.1, 0.15) is 5.56 Å². The molecule has 0 atom stereocenters. The number of amides is 1. The molecule has 3 aromatic rings. The average molecular weight is 364 g/mol. The number of hydrogen-bond donors (Lipinski definition) is 2. The summed E-state index contributed by atoms with van der Waals surface area (Å²) in [5.41, 5.74) is 2.61. The first-order valence-corrected chi connectivity index (χ1v) is 9.11. The van der Waals surface area contributed by atoms with Gasteiger partial charge < -0.3 is 10.3 Å². The fraction of sp³-hybridized carbons (Fsp3) is 0.125. The summed E-state index contributed by atoms with van der Waals surface area (Å²) in [6.07, 6.45) is 0. The number of imidazole rings is 1. The van der Waals surface area contributed by atoms with E-state index < -0.39 is 21.5 Å². The van der Waals surface area contributed by atoms with Gasteiger partial charge in [-0.2, -0.15) is 0 Å². The second-order valence-corrected chi connectivity index (χ2v) is 7.72. The second kappa shape index (κ2) is 6.26. The van der Waals surface area contributed by atoms with Gasteiger partial charge in [0.2, 0.25) is 20.9 Å². The molecule has 1 amide bonds. The largest absolute Gasteiger partial charge is 0.329 e. The number of carbonyl (C=O) groups excluding carboxylic acids is 1. The Labute approximate surface area is 143 Å². The number of halogens is 1. The van der Waals surface area contributed by atoms with Gasteiger partial charge in [-0.15, -0.1) is 0 Å². The molecule has 1 heterocycles. The summed E-state index contributed by atoms with van der Waals surface area (Å²) in [5, 5.41) is 2.83. The number of nitrogens with zero attached hydrogens (tertiary/aromatic N) is 1. The van der Waals surface area contributed by atoms with Crippen LogP contribution in [0.3, 0.4) is 0 Å². The molecule has 2 N–H and O–H groups in total. The quantitative estimate of drug-likeness (QED) is 0.745. The molecule has 1 aromatic heterocycles. The molecule has 0 spiro atoms. The first-order valence-electron chi connectivity index (χ1n) is 7.08. The molecule has 0 aliphatic rings. The topological polar surface area (TPSA) is 91.9 Å². The first-order chi connectivity index (χ1) is 11.3. The molecule has 124 valence electrons. The van der Waals surface area contributed by atoms with Gasteiger partial charge in [-0.3, -0.25) is 4.79 Å². The van der Waals surface area contributed by atoms with Crippen LogP contribution in [0, 0.1) is 6.92 Å². The van der Waals surface area contributed by atoms with Crippen molar-refractivity contribution < 1.29 is 13.2 Å². The molecule has 0 fully saturated rings. The first kappa shape index (κ1) is 16.5. The highest BCUT2D eigenvalue weighted by atomic mass is 35.5. The molecule has 0 aliphatic carbocycles. The smallest absolute Gasteiger partial charge is 0.240 e. The summed E-state index contributed by atoms with van der Waals surface area (Å²) in [6, 6.07) is 11.8. The number of nitrogens with one attached hydrogen (secondary N) is 2. The third kappa shape index (κ3) is 3.58. The summed E-state index contributed by atoms with van der Waals surface area (Å²) in [5.74, 6) is -1.34. The number of H-pyrrole nitrogens is 1. The number of rotatable bonds is 4. The summed E-state index contributed by atoms with van der Waals surface area (Å²) < 4.78 is 24.7. The number of aryl methyl sites for hydroxylation is 1. The van der Waals surface area contributed by atoms with Gasteiger partial charge in [-0.1, -0.05) is 17.7 Å². The van der Waals surface area contributed by atoms with Crippen molar-refractivity contribution >= 4 is 44.1 Å². The highest BCUT2D eigenvalue weighted by Gasteiger charge is 2.23. The molecule has 8 heteroatoms. The number of sulfone groups is 1. The Hall–Kier alpha value is -2.38. The number of anilines is 1. The lowest BCUT2D eigenvalue weighted by Gasteiger charge is -2.05. The molecule has 24 heavy (non-hydrogen) atoms. The van der Waals surface area contributed by atoms with E-state index in [2.05, 4.69) is 15.3 Å². The van der Waals surface area contributed by atoms with Crippen LogP contribution >= 0.6 is 11.6 Å². The molecule has 0 aliphatic heterocycles. The van der Waals surface area contributed by atoms with Gasteiger partial charge in [-0.05, 0) is 48.9 Å². The van der Waals surface area contributed by atoms with Crippen LogP contribution < -0.4 is 5.32 Å². The lowest BCUT2D eigenvalue weighted by atomic mass is 10.2. The lowest BCUT2D eigenvalue weighted by Crippen LogP contribution is -2.23. The minimum absolute atomic E-state index is 0.214. The van der Waals surface area contributed by atoms with Gasteiger partial charge in [0.05, 0.1) is 11.0 Å². The van der Waals surface area contributed by atoms with Gasteiger partial charge in [0.15, 0.2) is 0 Å². The fourth-order valence-electron chi connectivity index (χ4n) is 2.22. The van der Waals surface area contributed by atoms with Crippen LogP contribution in [-0.4, -0.2) is 30.0 Å². The van der Waals surface area contributed by atoms with E-state index in [1.54, 1.807) is 36.4 Å². The van der Waals surface area contributed by atoms with Crippen molar-refractivity contribution in [1.82, 2.24) is 9.97 Å². The number of hydrogen-bond acceptors (Lipinski definition) is 4. The van der Waals surface area contributed by atoms with Crippen LogP contribution in [0.5, 0.6) is 0 Å². The second-order valence-electron chi connectivity index (χ2n) is 5.38. The molecule has 0 radical (unpaired) electrons. The van der Waals surface area contributed by atoms with Gasteiger partial charge >= 0.3 is 0 Å². The number of fused-ring (bicyclic) bond motifs is 1. The summed E-state index contributed by atoms with van der Waals surface area (Å²) in [6.45, 7) is 1.90. The highest BCUT2D eigenvalue weighted by Crippen LogP contribution is 2.18. The van der Waals surface area contributed by atoms with Crippen molar-refractivity contribution in [2.45, 2.75) is 12.1 Å². The normalized spacial score (nSPS) is 11.6. The van der Waals surface area contributed by atoms with E-state index in [1.165, 1.54) is 0 Å². The predicted molar refractivity (Wildman–Crippen MR) is 93.0 cm³/mol. The number of aromatic amines is 1. The van der Waals surface area contributed by atoms with Crippen LogP contribution in [0.15, 0.2) is 47.6 Å². The third-order valence-electron chi connectivity index (χ3n) is 3.36. The van der Waals surface area contributed by atoms with Crippen LogP contribution in [-0.2, 0) is 14.6 Å². The number of benzene rings is 2. The fourth-order valence-corrected chi connectivity index (χ4v) is 3.40. The van der Waals surface area contributed by atoms with Crippen LogP contribution in [0.2, 0.25) is 5.02 Å². The molecule has 0 unspecified atom stereocenters. The van der Waals surface area contributed by atoms with E-state index >= 15 is 0 Å². The SMILES string of the molecule is Cc1ccc2nc(S(=O)(=O)CC(=O)Nc3ccc(Cl)cc3)[nH]c2c1. The Morgan fingerprint density at radius 2 is 1.92 bits per heavy atom. The van der Waals surface area contributed by atoms with Crippen LogP contribution in [0.25, 0.3) is 11.0 Å². The molecule has 0 saturated carbocycles. The monoisotopic (exact) mass is 363 g/mol. The zero-order valence-corrected chi connectivity index (χ0v) is 14.3. The van der Waals surface area contributed by atoms with Crippen molar-refractivity contribution in [3.63, 3.8) is 0 Å². The van der Waals surface area contributed by atoms with E-state index in [9.17, 15) is 13.2 Å². The van der Waals surface area contributed by atoms with Crippen molar-refractivity contribution in [1.29, 1.82) is 0 Å². The molecular formula is C16H14ClN3O3S. The minimum atomic E-state index is -3.87. The zero-order chi connectivity index (χ0) is 17.3. The van der Waals surface area contributed by atoms with Crippen LogP contribution in [0.4, 0.5) is 5.69 Å². The van der Waals surface area contributed by atoms with Gasteiger partial charge in [0, 0.05) is 10.7 Å². The third-order valence-corrected chi connectivity index (χ3v) is 5.04. The molecular weight excluding hydrogens is 350 g/mol. The molecule has 3 rings (SSSR count). The summed E-state index contributed by atoms with van der Waals surface area (Å²) in [4.78, 5) is 18.8. The molecule has 0 saturated heterocycles. The maximum absolute atomic E-state index is 12.4. The Bertz CT molecular complexity index is 1010. The van der Waals surface area contributed by atoms with Gasteiger partial charge in [0.1, 0.15) is 5.75 Å². The average Bonchev–Trinajstić information content (AvgIpc) is 2.93. The maximum atomic E-state index is 12.4. The van der Waals surface area contributed by atoms with E-state index in [0.717, 1.165) is 5.56 Å². The Morgan fingerprint density at radius 1 is 1.21 bits per heavy atom. The van der Waals surface area contributed by atoms with Crippen molar-refractivity contribution in [2.24, 2.45) is 0 Å². The van der Waals surface area contributed by atoms with Gasteiger partial charge in [-0.25, -0.2) is 13.4 Å². The minimum Gasteiger partial charge on any atom is -0.329 e. The summed E-state index contributed by atoms with van der Waals surface area (Å²) in [7, 11) is -3.87. The van der Waals surface area contributed by atoms with E-state index in [0.29, 0.717) is 21.7 Å².